The van der Waals surface area contributed by atoms with Crippen molar-refractivity contribution in [2.45, 2.75) is 24.2 Å². The zero-order chi connectivity index (χ0) is 21.0. The molecule has 3 aromatic rings. The summed E-state index contributed by atoms with van der Waals surface area (Å²) in [4.78, 5) is 20.9. The smallest absolute Gasteiger partial charge is 0.175 e. The first-order chi connectivity index (χ1) is 13.8. The minimum atomic E-state index is -3.47. The van der Waals surface area contributed by atoms with E-state index >= 15 is 0 Å². The molecule has 3 rings (SSSR count). The Kier molecular flexibility index (Phi) is 6.06. The fraction of sp³-hybridized carbons (Fsp3) is 0.211. The van der Waals surface area contributed by atoms with Crippen LogP contribution in [0.25, 0.3) is 5.82 Å². The monoisotopic (exact) mass is 429 g/mol. The van der Waals surface area contributed by atoms with Gasteiger partial charge in [-0.1, -0.05) is 17.7 Å². The fourth-order valence-corrected chi connectivity index (χ4v) is 3.70. The fourth-order valence-electron chi connectivity index (χ4n) is 2.72. The van der Waals surface area contributed by atoms with Gasteiger partial charge in [-0.2, -0.15) is 15.0 Å². The van der Waals surface area contributed by atoms with Crippen LogP contribution in [0.3, 0.4) is 0 Å². The van der Waals surface area contributed by atoms with Crippen LogP contribution in [0, 0.1) is 11.3 Å². The number of Topliss-reactive ketones (excluding diaryl/α,β-unsaturated/α-hetero) is 1. The van der Waals surface area contributed by atoms with Crippen LogP contribution in [0.1, 0.15) is 34.7 Å². The van der Waals surface area contributed by atoms with E-state index in [1.165, 1.54) is 29.2 Å². The molecule has 0 aliphatic heterocycles. The van der Waals surface area contributed by atoms with E-state index in [-0.39, 0.29) is 33.4 Å². The van der Waals surface area contributed by atoms with Crippen LogP contribution in [0.5, 0.6) is 0 Å². The third-order valence-corrected chi connectivity index (χ3v) is 5.42. The summed E-state index contributed by atoms with van der Waals surface area (Å²) in [5.74, 6) is 0.854. The maximum atomic E-state index is 12.5. The Morgan fingerprint density at radius 3 is 2.79 bits per heavy atom. The largest absolute Gasteiger partial charge is 0.294 e. The number of benzene rings is 1. The van der Waals surface area contributed by atoms with Gasteiger partial charge >= 0.3 is 0 Å². The summed E-state index contributed by atoms with van der Waals surface area (Å²) in [6, 6.07) is 11.1. The molecule has 0 amide bonds. The maximum Gasteiger partial charge on any atom is 0.175 e. The molecule has 0 radical (unpaired) electrons. The van der Waals surface area contributed by atoms with Gasteiger partial charge in [0.15, 0.2) is 21.4 Å². The SMILES string of the molecule is CS(=O)(=O)c1cc(Cl)cc(C(=O)CCCc2ncnn2-c2cccc(C#N)n2)c1. The van der Waals surface area contributed by atoms with Crippen LogP contribution in [0.15, 0.2) is 47.6 Å². The lowest BCUT2D eigenvalue weighted by Crippen LogP contribution is -2.08. The lowest BCUT2D eigenvalue weighted by Gasteiger charge is -2.07. The number of aryl methyl sites for hydroxylation is 1. The van der Waals surface area contributed by atoms with Crippen molar-refractivity contribution in [1.29, 1.82) is 5.26 Å². The molecule has 0 aliphatic rings. The van der Waals surface area contributed by atoms with E-state index < -0.39 is 9.84 Å². The molecule has 29 heavy (non-hydrogen) atoms. The van der Waals surface area contributed by atoms with Gasteiger partial charge in [0.1, 0.15) is 23.9 Å². The zero-order valence-electron chi connectivity index (χ0n) is 15.4. The van der Waals surface area contributed by atoms with Gasteiger partial charge in [-0.15, -0.1) is 0 Å². The Bertz CT molecular complexity index is 1210. The molecule has 0 spiro atoms. The Morgan fingerprint density at radius 2 is 2.07 bits per heavy atom. The summed E-state index contributed by atoms with van der Waals surface area (Å²) in [6.07, 6.45) is 3.55. The Hall–Kier alpha value is -3.09. The lowest BCUT2D eigenvalue weighted by atomic mass is 10.1. The van der Waals surface area contributed by atoms with E-state index in [9.17, 15) is 13.2 Å². The van der Waals surface area contributed by atoms with Crippen molar-refractivity contribution in [2.24, 2.45) is 0 Å². The van der Waals surface area contributed by atoms with Crippen LogP contribution in [0.4, 0.5) is 0 Å². The number of sulfone groups is 1. The number of rotatable bonds is 7. The predicted octanol–water partition coefficient (Wildman–Crippen LogP) is 2.80. The topological polar surface area (TPSA) is 119 Å². The molecular weight excluding hydrogens is 414 g/mol. The molecule has 0 atom stereocenters. The van der Waals surface area contributed by atoms with E-state index in [4.69, 9.17) is 16.9 Å². The highest BCUT2D eigenvalue weighted by Crippen LogP contribution is 2.21. The van der Waals surface area contributed by atoms with Crippen molar-refractivity contribution in [3.63, 3.8) is 0 Å². The second-order valence-electron chi connectivity index (χ2n) is 6.31. The molecule has 0 unspecified atom stereocenters. The molecule has 8 nitrogen and oxygen atoms in total. The van der Waals surface area contributed by atoms with E-state index in [2.05, 4.69) is 15.1 Å². The van der Waals surface area contributed by atoms with Crippen LogP contribution in [-0.2, 0) is 16.3 Å². The van der Waals surface area contributed by atoms with Gasteiger partial charge in [0, 0.05) is 29.7 Å². The second kappa shape index (κ2) is 8.51. The molecular formula is C19H16ClN5O3S. The number of carbonyl (C=O) groups is 1. The van der Waals surface area contributed by atoms with Crippen molar-refractivity contribution in [3.8, 4) is 11.9 Å². The van der Waals surface area contributed by atoms with Gasteiger partial charge in [-0.05, 0) is 36.8 Å². The third-order valence-electron chi connectivity index (χ3n) is 4.11. The standard InChI is InChI=1S/C19H16ClN5O3S/c1-29(27,28)16-9-13(8-14(20)10-16)17(26)5-3-6-18-22-12-23-25(18)19-7-2-4-15(11-21)24-19/h2,4,7-10,12H,3,5-6H2,1H3. The number of ketones is 1. The van der Waals surface area contributed by atoms with Gasteiger partial charge < -0.3 is 0 Å². The van der Waals surface area contributed by atoms with Crippen molar-refractivity contribution < 1.29 is 13.2 Å². The molecule has 1 aromatic carbocycles. The first-order valence-electron chi connectivity index (χ1n) is 8.58. The third kappa shape index (κ3) is 5.04. The molecule has 0 saturated heterocycles. The highest BCUT2D eigenvalue weighted by Gasteiger charge is 2.15. The summed E-state index contributed by atoms with van der Waals surface area (Å²) in [6.45, 7) is 0. The first kappa shape index (κ1) is 20.6. The number of aromatic nitrogens is 4. The van der Waals surface area contributed by atoms with Crippen molar-refractivity contribution in [1.82, 2.24) is 19.7 Å². The highest BCUT2D eigenvalue weighted by molar-refractivity contribution is 7.90. The average Bonchev–Trinajstić information content (AvgIpc) is 3.15. The number of nitrogens with zero attached hydrogens (tertiary/aromatic N) is 5. The summed E-state index contributed by atoms with van der Waals surface area (Å²) in [5.41, 5.74) is 0.518. The number of hydrogen-bond donors (Lipinski definition) is 0. The van der Waals surface area contributed by atoms with Crippen LogP contribution >= 0.6 is 11.6 Å². The van der Waals surface area contributed by atoms with Gasteiger partial charge in [0.2, 0.25) is 0 Å². The first-order valence-corrected chi connectivity index (χ1v) is 10.8. The van der Waals surface area contributed by atoms with Crippen molar-refractivity contribution >= 4 is 27.2 Å². The summed E-state index contributed by atoms with van der Waals surface area (Å²) >= 11 is 5.96. The molecule has 0 aliphatic carbocycles. The lowest BCUT2D eigenvalue weighted by molar-refractivity contribution is 0.0980. The van der Waals surface area contributed by atoms with E-state index in [0.717, 1.165) is 6.26 Å². The molecule has 2 aromatic heterocycles. The molecule has 0 fully saturated rings. The van der Waals surface area contributed by atoms with Gasteiger partial charge in [0.25, 0.3) is 0 Å². The number of nitriles is 1. The summed E-state index contributed by atoms with van der Waals surface area (Å²) in [5, 5.41) is 13.3. The average molecular weight is 430 g/mol. The van der Waals surface area contributed by atoms with Gasteiger partial charge in [-0.25, -0.2) is 18.4 Å². The molecule has 10 heteroatoms. The van der Waals surface area contributed by atoms with Crippen LogP contribution in [-0.4, -0.2) is 40.2 Å². The number of halogens is 1. The Labute approximate surface area is 172 Å². The molecule has 148 valence electrons. The normalized spacial score (nSPS) is 11.2. The van der Waals surface area contributed by atoms with E-state index in [0.29, 0.717) is 24.5 Å². The number of carbonyl (C=O) groups excluding carboxylic acids is 1. The predicted molar refractivity (Wildman–Crippen MR) is 106 cm³/mol. The Balaban J connectivity index is 1.70. The molecule has 0 N–H and O–H groups in total. The Morgan fingerprint density at radius 1 is 1.28 bits per heavy atom. The quantitative estimate of drug-likeness (QED) is 0.529. The minimum Gasteiger partial charge on any atom is -0.294 e. The number of pyridine rings is 1. The van der Waals surface area contributed by atoms with E-state index in [1.807, 2.05) is 6.07 Å². The minimum absolute atomic E-state index is 0.0107. The zero-order valence-corrected chi connectivity index (χ0v) is 17.0. The van der Waals surface area contributed by atoms with Gasteiger partial charge in [0.05, 0.1) is 4.90 Å². The van der Waals surface area contributed by atoms with Crippen LogP contribution in [0.2, 0.25) is 5.02 Å². The van der Waals surface area contributed by atoms with Crippen LogP contribution < -0.4 is 0 Å². The highest BCUT2D eigenvalue weighted by atomic mass is 35.5. The number of hydrogen-bond acceptors (Lipinski definition) is 7. The molecule has 0 bridgehead atoms. The van der Waals surface area contributed by atoms with Crippen molar-refractivity contribution in [3.05, 3.63) is 64.8 Å². The molecule has 0 saturated carbocycles. The maximum absolute atomic E-state index is 12.5. The second-order valence-corrected chi connectivity index (χ2v) is 8.76. The van der Waals surface area contributed by atoms with Gasteiger partial charge in [-0.3, -0.25) is 4.79 Å². The summed E-state index contributed by atoms with van der Waals surface area (Å²) in [7, 11) is -3.47. The molecule has 2 heterocycles. The van der Waals surface area contributed by atoms with E-state index in [1.54, 1.807) is 18.2 Å². The summed E-state index contributed by atoms with van der Waals surface area (Å²) < 4.78 is 25.0. The van der Waals surface area contributed by atoms with Crippen molar-refractivity contribution in [2.75, 3.05) is 6.26 Å².